The summed E-state index contributed by atoms with van der Waals surface area (Å²) in [6.45, 7) is -0.584. The van der Waals surface area contributed by atoms with Gasteiger partial charge in [0.15, 0.2) is 5.13 Å². The van der Waals surface area contributed by atoms with Gasteiger partial charge in [0.05, 0.1) is 12.7 Å². The van der Waals surface area contributed by atoms with Gasteiger partial charge in [-0.3, -0.25) is 4.79 Å². The van der Waals surface area contributed by atoms with E-state index >= 15 is 0 Å². The molecule has 0 unspecified atom stereocenters. The first kappa shape index (κ1) is 26.9. The second kappa shape index (κ2) is 10.1. The lowest BCUT2D eigenvalue weighted by Gasteiger charge is -2.27. The highest BCUT2D eigenvalue weighted by Crippen LogP contribution is 2.38. The van der Waals surface area contributed by atoms with Gasteiger partial charge in [-0.05, 0) is 35.6 Å². The molecular formula is C23H23F3N6O5S2. The molecule has 3 aromatic rings. The number of nitrogens with two attached hydrogens (primary N) is 1. The van der Waals surface area contributed by atoms with E-state index in [2.05, 4.69) is 9.97 Å². The van der Waals surface area contributed by atoms with Crippen LogP contribution >= 0.6 is 11.3 Å². The molecule has 5 rings (SSSR count). The average molecular weight is 585 g/mol. The molecule has 2 aromatic heterocycles. The van der Waals surface area contributed by atoms with Gasteiger partial charge in [0.2, 0.25) is 16.8 Å². The van der Waals surface area contributed by atoms with Crippen LogP contribution in [0.25, 0.3) is 10.8 Å². The number of likely N-dealkylation sites (tertiary alicyclic amines) is 1. The topological polar surface area (TPSA) is 150 Å². The highest BCUT2D eigenvalue weighted by molar-refractivity contribution is 7.74. The minimum absolute atomic E-state index is 0.0245. The Hall–Kier alpha value is -3.66. The lowest BCUT2D eigenvalue weighted by atomic mass is 10.0. The number of carboxylic acids is 1. The van der Waals surface area contributed by atoms with Gasteiger partial charge in [-0.15, -0.1) is 0 Å². The monoisotopic (exact) mass is 584 g/mol. The molecule has 3 N–H and O–H groups in total. The molecule has 11 nitrogen and oxygen atoms in total. The minimum Gasteiger partial charge on any atom is -0.480 e. The van der Waals surface area contributed by atoms with E-state index in [0.29, 0.717) is 10.8 Å². The van der Waals surface area contributed by atoms with Crippen LogP contribution in [-0.4, -0.2) is 77.9 Å². The van der Waals surface area contributed by atoms with Crippen molar-refractivity contribution in [3.8, 4) is 0 Å². The molecule has 0 aliphatic carbocycles. The Kier molecular flexibility index (Phi) is 7.00. The molecule has 0 radical (unpaired) electrons. The molecule has 0 spiro atoms. The minimum atomic E-state index is -3.36. The molecule has 2 fully saturated rings. The summed E-state index contributed by atoms with van der Waals surface area (Å²) in [6, 6.07) is 1.47. The van der Waals surface area contributed by atoms with Gasteiger partial charge in [0.25, 0.3) is 5.92 Å². The van der Waals surface area contributed by atoms with Gasteiger partial charge in [0.1, 0.15) is 28.7 Å². The fraction of sp³-hybridized carbons (Fsp3) is 0.391. The van der Waals surface area contributed by atoms with Crippen LogP contribution < -0.4 is 14.9 Å². The molecule has 2 aliphatic heterocycles. The lowest BCUT2D eigenvalue weighted by molar-refractivity contribution is -0.148. The first-order valence-electron chi connectivity index (χ1n) is 11.8. The van der Waals surface area contributed by atoms with Gasteiger partial charge in [0, 0.05) is 37.5 Å². The van der Waals surface area contributed by atoms with Crippen molar-refractivity contribution in [3.05, 3.63) is 42.0 Å². The van der Waals surface area contributed by atoms with Crippen LogP contribution in [0.2, 0.25) is 0 Å². The highest BCUT2D eigenvalue weighted by Gasteiger charge is 2.44. The summed E-state index contributed by atoms with van der Waals surface area (Å²) in [4.78, 5) is 35.9. The SMILES string of the molecule is Nc1nccc2cc(C[C@H](C(=O)O)N3CC[C@H](N(c4cnc(N5CCC(F)(F)C5)s4)[SH](=O)=O)C3=O)c(F)cc12. The number of thiol groups is 1. The third kappa shape index (κ3) is 5.17. The van der Waals surface area contributed by atoms with E-state index in [1.165, 1.54) is 23.4 Å². The Morgan fingerprint density at radius 3 is 2.74 bits per heavy atom. The number of nitrogen functional groups attached to an aromatic ring is 1. The number of amides is 1. The summed E-state index contributed by atoms with van der Waals surface area (Å²) in [5, 5.41) is 11.1. The number of halogens is 3. The van der Waals surface area contributed by atoms with Gasteiger partial charge in [-0.2, -0.15) is 0 Å². The lowest BCUT2D eigenvalue weighted by Crippen LogP contribution is -2.48. The summed E-state index contributed by atoms with van der Waals surface area (Å²) in [7, 11) is -3.36. The zero-order chi connectivity index (χ0) is 28.1. The second-order valence-electron chi connectivity index (χ2n) is 9.35. The Morgan fingerprint density at radius 2 is 2.08 bits per heavy atom. The predicted molar refractivity (Wildman–Crippen MR) is 138 cm³/mol. The highest BCUT2D eigenvalue weighted by atomic mass is 32.2. The number of aromatic nitrogens is 2. The normalized spacial score (nSPS) is 19.8. The maximum atomic E-state index is 14.9. The van der Waals surface area contributed by atoms with Gasteiger partial charge < -0.3 is 20.6 Å². The Bertz CT molecular complexity index is 1530. The molecule has 2 atom stereocenters. The van der Waals surface area contributed by atoms with Crippen molar-refractivity contribution in [2.24, 2.45) is 0 Å². The number of hydrogen-bond acceptors (Lipinski definition) is 9. The first-order chi connectivity index (χ1) is 18.4. The van der Waals surface area contributed by atoms with Crippen molar-refractivity contribution >= 4 is 60.8 Å². The number of carbonyl (C=O) groups is 2. The summed E-state index contributed by atoms with van der Waals surface area (Å²) in [5.74, 6) is -5.63. The number of fused-ring (bicyclic) bond motifs is 1. The molecule has 0 saturated carbocycles. The van der Waals surface area contributed by atoms with Crippen LogP contribution in [0.4, 0.5) is 29.1 Å². The van der Waals surface area contributed by atoms with Crippen LogP contribution in [-0.2, 0) is 26.9 Å². The van der Waals surface area contributed by atoms with Crippen molar-refractivity contribution in [2.75, 3.05) is 34.6 Å². The molecule has 0 bridgehead atoms. The summed E-state index contributed by atoms with van der Waals surface area (Å²) < 4.78 is 67.4. The van der Waals surface area contributed by atoms with Crippen LogP contribution in [0.15, 0.2) is 30.6 Å². The third-order valence-electron chi connectivity index (χ3n) is 6.87. The average Bonchev–Trinajstić information content (AvgIpc) is 3.58. The van der Waals surface area contributed by atoms with Crippen molar-refractivity contribution < 1.29 is 36.3 Å². The Labute approximate surface area is 225 Å². The quantitative estimate of drug-likeness (QED) is 0.337. The molecule has 16 heteroatoms. The summed E-state index contributed by atoms with van der Waals surface area (Å²) in [6.07, 6.45) is 1.88. The molecule has 4 heterocycles. The van der Waals surface area contributed by atoms with Gasteiger partial charge in [-0.1, -0.05) is 11.3 Å². The molecule has 2 saturated heterocycles. The number of alkyl halides is 2. The standard InChI is InChI=1S/C23H23F3N6O5S2/c24-15-9-14-12(1-4-28-19(14)27)7-13(15)8-17(21(34)35)31-5-2-16(20(31)33)32(39(36)37)18-10-29-22(38-18)30-6-3-23(25,26)11-30/h1,4,7,9-10,16-17,39H,2-3,5-6,8,11H2,(H2,27,28)(H,34,35)/t16-,17+/m0/s1. The molecule has 208 valence electrons. The number of nitrogens with zero attached hydrogens (tertiary/aromatic N) is 5. The third-order valence-corrected chi connectivity index (χ3v) is 8.91. The molecule has 1 amide bonds. The fourth-order valence-electron chi connectivity index (χ4n) is 4.94. The first-order valence-corrected chi connectivity index (χ1v) is 13.8. The smallest absolute Gasteiger partial charge is 0.326 e. The zero-order valence-electron chi connectivity index (χ0n) is 20.2. The van der Waals surface area contributed by atoms with Gasteiger partial charge in [-0.25, -0.2) is 40.7 Å². The second-order valence-corrected chi connectivity index (χ2v) is 11.2. The van der Waals surface area contributed by atoms with E-state index in [1.54, 1.807) is 6.07 Å². The maximum absolute atomic E-state index is 14.9. The van der Waals surface area contributed by atoms with E-state index in [1.807, 2.05) is 0 Å². The van der Waals surface area contributed by atoms with E-state index in [9.17, 15) is 36.3 Å². The largest absolute Gasteiger partial charge is 0.480 e. The number of rotatable bonds is 8. The number of hydrogen-bond donors (Lipinski definition) is 3. The van der Waals surface area contributed by atoms with Crippen LogP contribution in [0.1, 0.15) is 18.4 Å². The molecule has 39 heavy (non-hydrogen) atoms. The maximum Gasteiger partial charge on any atom is 0.326 e. The summed E-state index contributed by atoms with van der Waals surface area (Å²) in [5.41, 5.74) is 5.83. The van der Waals surface area contributed by atoms with Crippen LogP contribution in [0.3, 0.4) is 0 Å². The van der Waals surface area contributed by atoms with Crippen molar-refractivity contribution in [2.45, 2.75) is 37.3 Å². The Balaban J connectivity index is 1.38. The summed E-state index contributed by atoms with van der Waals surface area (Å²) >= 11 is 0.851. The van der Waals surface area contributed by atoms with E-state index in [0.717, 1.165) is 26.6 Å². The number of carboxylic acid groups (broad SMARTS) is 1. The van der Waals surface area contributed by atoms with E-state index in [4.69, 9.17) is 5.73 Å². The number of aliphatic carboxylic acids is 1. The number of thiazole rings is 1. The van der Waals surface area contributed by atoms with E-state index < -0.39 is 53.1 Å². The fourth-order valence-corrected chi connectivity index (χ4v) is 6.82. The predicted octanol–water partition coefficient (Wildman–Crippen LogP) is 1.89. The molecular weight excluding hydrogens is 561 g/mol. The van der Waals surface area contributed by atoms with E-state index in [-0.39, 0.29) is 53.9 Å². The zero-order valence-corrected chi connectivity index (χ0v) is 21.9. The number of pyridine rings is 1. The van der Waals surface area contributed by atoms with Crippen molar-refractivity contribution in [1.82, 2.24) is 14.9 Å². The van der Waals surface area contributed by atoms with Crippen molar-refractivity contribution in [1.29, 1.82) is 0 Å². The van der Waals surface area contributed by atoms with Gasteiger partial charge >= 0.3 is 5.97 Å². The van der Waals surface area contributed by atoms with Crippen LogP contribution in [0.5, 0.6) is 0 Å². The number of anilines is 3. The number of carbonyl (C=O) groups excluding carboxylic acids is 1. The van der Waals surface area contributed by atoms with Crippen molar-refractivity contribution in [3.63, 3.8) is 0 Å². The van der Waals surface area contributed by atoms with Crippen LogP contribution in [0, 0.1) is 5.82 Å². The molecule has 1 aromatic carbocycles. The Morgan fingerprint density at radius 1 is 1.31 bits per heavy atom. The molecule has 2 aliphatic rings. The number of benzene rings is 1.